The summed E-state index contributed by atoms with van der Waals surface area (Å²) in [5.41, 5.74) is 3.20. The highest BCUT2D eigenvalue weighted by Crippen LogP contribution is 2.38. The molecule has 3 aromatic rings. The van der Waals surface area contributed by atoms with Gasteiger partial charge in [0, 0.05) is 17.4 Å². The van der Waals surface area contributed by atoms with E-state index in [9.17, 15) is 14.4 Å². The van der Waals surface area contributed by atoms with Crippen LogP contribution in [-0.2, 0) is 4.79 Å². The topological polar surface area (TPSA) is 95.6 Å². The Balaban J connectivity index is 1.40. The Morgan fingerprint density at radius 2 is 2.00 bits per heavy atom. The number of benzene rings is 1. The van der Waals surface area contributed by atoms with Gasteiger partial charge in [-0.25, -0.2) is 4.39 Å². The molecule has 2 heterocycles. The van der Waals surface area contributed by atoms with E-state index in [-0.39, 0.29) is 17.5 Å². The van der Waals surface area contributed by atoms with E-state index in [1.165, 1.54) is 35.2 Å². The maximum Gasteiger partial charge on any atom is 0.235 e. The zero-order valence-corrected chi connectivity index (χ0v) is 19.4. The second kappa shape index (κ2) is 9.71. The highest BCUT2D eigenvalue weighted by Gasteiger charge is 2.26. The summed E-state index contributed by atoms with van der Waals surface area (Å²) in [4.78, 5) is 12.7. The number of amides is 1. The van der Waals surface area contributed by atoms with Crippen LogP contribution in [0.2, 0.25) is 0 Å². The fourth-order valence-electron chi connectivity index (χ4n) is 3.98. The molecule has 10 heteroatoms. The molecule has 1 aliphatic rings. The molecule has 0 spiro atoms. The molecule has 2 aromatic heterocycles. The summed E-state index contributed by atoms with van der Waals surface area (Å²) >= 11 is 2.60. The van der Waals surface area contributed by atoms with E-state index in [0.29, 0.717) is 32.6 Å². The van der Waals surface area contributed by atoms with Gasteiger partial charge in [0.25, 0.3) is 0 Å². The molecule has 1 aliphatic carbocycles. The van der Waals surface area contributed by atoms with E-state index in [4.69, 9.17) is 0 Å². The second-order valence-corrected chi connectivity index (χ2v) is 9.90. The van der Waals surface area contributed by atoms with Crippen LogP contribution in [0.25, 0.3) is 0 Å². The van der Waals surface area contributed by atoms with E-state index < -0.39 is 0 Å². The quantitative estimate of drug-likeness (QED) is 0.439. The number of rotatable bonds is 7. The molecule has 1 fully saturated rings. The molecule has 2 N–H and O–H groups in total. The lowest BCUT2D eigenvalue weighted by atomic mass is 10.2. The minimum Gasteiger partial charge on any atom is -0.330 e. The van der Waals surface area contributed by atoms with Gasteiger partial charge >= 0.3 is 0 Å². The van der Waals surface area contributed by atoms with Crippen LogP contribution in [0.4, 0.5) is 21.0 Å². The summed E-state index contributed by atoms with van der Waals surface area (Å²) < 4.78 is 15.8. The molecule has 0 radical (unpaired) electrons. The fourth-order valence-corrected chi connectivity index (χ4v) is 5.55. The van der Waals surface area contributed by atoms with Crippen LogP contribution in [-0.4, -0.2) is 26.4 Å². The van der Waals surface area contributed by atoms with Crippen LogP contribution < -0.4 is 10.6 Å². The third-order valence-electron chi connectivity index (χ3n) is 5.64. The molecule has 0 aliphatic heterocycles. The second-order valence-electron chi connectivity index (χ2n) is 7.70. The van der Waals surface area contributed by atoms with Crippen molar-refractivity contribution in [1.29, 1.82) is 5.26 Å². The number of hydrogen-bond acceptors (Lipinski definition) is 7. The van der Waals surface area contributed by atoms with Crippen molar-refractivity contribution in [2.45, 2.75) is 49.9 Å². The van der Waals surface area contributed by atoms with Crippen molar-refractivity contribution >= 4 is 45.6 Å². The Morgan fingerprint density at radius 1 is 1.28 bits per heavy atom. The summed E-state index contributed by atoms with van der Waals surface area (Å²) in [5.74, 6) is 0.269. The number of thioether (sulfide) groups is 1. The van der Waals surface area contributed by atoms with Gasteiger partial charge in [0.2, 0.25) is 11.0 Å². The number of anilines is 3. The van der Waals surface area contributed by atoms with E-state index in [2.05, 4.69) is 31.5 Å². The van der Waals surface area contributed by atoms with Crippen molar-refractivity contribution in [3.8, 4) is 6.07 Å². The number of nitrogens with zero attached hydrogens (tertiary/aromatic N) is 4. The van der Waals surface area contributed by atoms with Gasteiger partial charge in [-0.1, -0.05) is 35.9 Å². The van der Waals surface area contributed by atoms with Crippen LogP contribution in [0.3, 0.4) is 0 Å². The first kappa shape index (κ1) is 22.3. The molecule has 0 bridgehead atoms. The molecule has 1 saturated carbocycles. The normalized spacial score (nSPS) is 13.8. The van der Waals surface area contributed by atoms with Crippen molar-refractivity contribution in [1.82, 2.24) is 14.8 Å². The highest BCUT2D eigenvalue weighted by molar-refractivity contribution is 8.01. The largest absolute Gasteiger partial charge is 0.330 e. The number of nitrogens with one attached hydrogen (secondary N) is 2. The van der Waals surface area contributed by atoms with Crippen LogP contribution >= 0.6 is 23.1 Å². The molecule has 7 nitrogen and oxygen atoms in total. The van der Waals surface area contributed by atoms with E-state index >= 15 is 0 Å². The average molecular weight is 471 g/mol. The minimum absolute atomic E-state index is 0.157. The van der Waals surface area contributed by atoms with Crippen molar-refractivity contribution in [2.24, 2.45) is 0 Å². The van der Waals surface area contributed by atoms with E-state index in [1.54, 1.807) is 12.1 Å². The van der Waals surface area contributed by atoms with Gasteiger partial charge in [0.1, 0.15) is 17.7 Å². The summed E-state index contributed by atoms with van der Waals surface area (Å²) in [6.07, 6.45) is 4.45. The van der Waals surface area contributed by atoms with Crippen LogP contribution in [0.15, 0.2) is 28.6 Å². The number of carbonyl (C=O) groups is 1. The standard InChI is InChI=1S/C22H23FN6OS2/c1-13-14(2)29(17-5-3-4-6-17)20(18(13)11-24)26-19(30)12-31-22-28-27-21(32-22)25-16-9-7-15(23)8-10-16/h7-10,17H,3-6,12H2,1-2H3,(H,25,27)(H,26,30). The average Bonchev–Trinajstić information content (AvgIpc) is 3.50. The maximum absolute atomic E-state index is 13.0. The summed E-state index contributed by atoms with van der Waals surface area (Å²) in [6, 6.07) is 8.55. The predicted octanol–water partition coefficient (Wildman–Crippen LogP) is 5.56. The third-order valence-corrected chi connectivity index (χ3v) is 7.62. The first-order chi connectivity index (χ1) is 15.5. The van der Waals surface area contributed by atoms with Gasteiger partial charge in [-0.05, 0) is 56.5 Å². The van der Waals surface area contributed by atoms with Gasteiger partial charge in [0.15, 0.2) is 4.34 Å². The number of halogens is 1. The summed E-state index contributed by atoms with van der Waals surface area (Å²) in [5, 5.41) is 24.4. The lowest BCUT2D eigenvalue weighted by Crippen LogP contribution is -2.19. The molecule has 0 saturated heterocycles. The number of nitriles is 1. The van der Waals surface area contributed by atoms with Crippen molar-refractivity contribution < 1.29 is 9.18 Å². The Hall–Kier alpha value is -2.90. The van der Waals surface area contributed by atoms with Gasteiger partial charge in [0.05, 0.1) is 11.3 Å². The van der Waals surface area contributed by atoms with E-state index in [0.717, 1.165) is 36.9 Å². The first-order valence-electron chi connectivity index (χ1n) is 10.4. The number of hydrogen-bond donors (Lipinski definition) is 2. The third kappa shape index (κ3) is 4.79. The van der Waals surface area contributed by atoms with Gasteiger partial charge in [-0.2, -0.15) is 5.26 Å². The monoisotopic (exact) mass is 470 g/mol. The summed E-state index contributed by atoms with van der Waals surface area (Å²) in [7, 11) is 0. The number of aromatic nitrogens is 3. The van der Waals surface area contributed by atoms with Gasteiger partial charge < -0.3 is 15.2 Å². The lowest BCUT2D eigenvalue weighted by Gasteiger charge is -2.19. The van der Waals surface area contributed by atoms with Crippen LogP contribution in [0, 0.1) is 31.0 Å². The zero-order chi connectivity index (χ0) is 22.7. The Kier molecular flexibility index (Phi) is 6.77. The molecule has 4 rings (SSSR count). The predicted molar refractivity (Wildman–Crippen MR) is 125 cm³/mol. The maximum atomic E-state index is 13.0. The molecule has 32 heavy (non-hydrogen) atoms. The minimum atomic E-state index is -0.306. The molecule has 166 valence electrons. The molecule has 1 amide bonds. The van der Waals surface area contributed by atoms with Gasteiger partial charge in [-0.15, -0.1) is 10.2 Å². The molecule has 0 unspecified atom stereocenters. The summed E-state index contributed by atoms with van der Waals surface area (Å²) in [6.45, 7) is 3.94. The Labute approximate surface area is 194 Å². The Bertz CT molecular complexity index is 1160. The molecular weight excluding hydrogens is 447 g/mol. The molecular formula is C22H23FN6OS2. The van der Waals surface area contributed by atoms with Crippen LogP contribution in [0.5, 0.6) is 0 Å². The van der Waals surface area contributed by atoms with Crippen LogP contribution in [0.1, 0.15) is 48.5 Å². The van der Waals surface area contributed by atoms with Gasteiger partial charge in [-0.3, -0.25) is 4.79 Å². The fraction of sp³-hybridized carbons (Fsp3) is 0.364. The van der Waals surface area contributed by atoms with Crippen molar-refractivity contribution in [2.75, 3.05) is 16.4 Å². The SMILES string of the molecule is Cc1c(C#N)c(NC(=O)CSc2nnc(Nc3ccc(F)cc3)s2)n(C2CCCC2)c1C. The smallest absolute Gasteiger partial charge is 0.235 e. The first-order valence-corrected chi connectivity index (χ1v) is 12.2. The van der Waals surface area contributed by atoms with E-state index in [1.807, 2.05) is 13.8 Å². The molecule has 1 aromatic carbocycles. The lowest BCUT2D eigenvalue weighted by molar-refractivity contribution is -0.113. The van der Waals surface area contributed by atoms with Crippen molar-refractivity contribution in [3.63, 3.8) is 0 Å². The molecule has 0 atom stereocenters. The van der Waals surface area contributed by atoms with Crippen molar-refractivity contribution in [3.05, 3.63) is 46.9 Å². The highest BCUT2D eigenvalue weighted by atomic mass is 32.2. The zero-order valence-electron chi connectivity index (χ0n) is 17.8. The Morgan fingerprint density at radius 3 is 2.69 bits per heavy atom. The number of carbonyl (C=O) groups excluding carboxylic acids is 1.